The molecule has 4 nitrogen and oxygen atoms in total. The van der Waals surface area contributed by atoms with Crippen LogP contribution in [0.1, 0.15) is 23.1 Å². The molecular formula is C12H10F3NO3. The number of hydrogen-bond donors (Lipinski definition) is 1. The fraction of sp³-hybridized carbons (Fsp3) is 0.250. The van der Waals surface area contributed by atoms with Gasteiger partial charge in [0, 0.05) is 6.07 Å². The lowest BCUT2D eigenvalue weighted by Crippen LogP contribution is -2.03. The summed E-state index contributed by atoms with van der Waals surface area (Å²) in [5.41, 5.74) is 0.195. The molecular weight excluding hydrogens is 263 g/mol. The van der Waals surface area contributed by atoms with E-state index in [0.29, 0.717) is 17.4 Å². The Bertz CT molecular complexity index is 548. The zero-order valence-electron chi connectivity index (χ0n) is 9.81. The molecule has 0 aliphatic carbocycles. The van der Waals surface area contributed by atoms with Gasteiger partial charge in [-0.15, -0.1) is 0 Å². The molecule has 7 heteroatoms. The van der Waals surface area contributed by atoms with Gasteiger partial charge in [-0.25, -0.2) is 0 Å². The van der Waals surface area contributed by atoms with Crippen LogP contribution in [-0.2, 0) is 6.18 Å². The third kappa shape index (κ3) is 2.87. The third-order valence-electron chi connectivity index (χ3n) is 2.52. The maximum Gasteiger partial charge on any atom is 0.452 e. The first-order valence-corrected chi connectivity index (χ1v) is 5.27. The first-order chi connectivity index (χ1) is 8.91. The number of hydrogen-bond acceptors (Lipinski definition) is 4. The SMILES string of the molecule is COc1ccc(C(O)c2cc(C(F)(F)F)on2)cc1. The first kappa shape index (κ1) is 13.4. The fourth-order valence-electron chi connectivity index (χ4n) is 1.51. The van der Waals surface area contributed by atoms with Crippen LogP contribution in [0.3, 0.4) is 0 Å². The van der Waals surface area contributed by atoms with Gasteiger partial charge in [-0.05, 0) is 17.7 Å². The number of aliphatic hydroxyl groups excluding tert-OH is 1. The second kappa shape index (κ2) is 4.93. The Labute approximate surface area is 106 Å². The molecule has 2 aromatic rings. The van der Waals surface area contributed by atoms with Crippen LogP contribution in [0, 0.1) is 0 Å². The molecule has 1 unspecified atom stereocenters. The van der Waals surface area contributed by atoms with Crippen molar-refractivity contribution in [3.63, 3.8) is 0 Å². The Morgan fingerprint density at radius 1 is 1.26 bits per heavy atom. The molecule has 1 aromatic carbocycles. The lowest BCUT2D eigenvalue weighted by molar-refractivity contribution is -0.155. The predicted molar refractivity (Wildman–Crippen MR) is 58.6 cm³/mol. The summed E-state index contributed by atoms with van der Waals surface area (Å²) in [5, 5.41) is 13.1. The lowest BCUT2D eigenvalue weighted by Gasteiger charge is -2.08. The summed E-state index contributed by atoms with van der Waals surface area (Å²) in [6, 6.07) is 6.92. The minimum absolute atomic E-state index is 0.197. The summed E-state index contributed by atoms with van der Waals surface area (Å²) in [6.45, 7) is 0. The molecule has 1 heterocycles. The summed E-state index contributed by atoms with van der Waals surface area (Å²) in [6.07, 6.45) is -5.91. The number of ether oxygens (including phenoxy) is 1. The molecule has 1 atom stereocenters. The van der Waals surface area contributed by atoms with E-state index in [4.69, 9.17) is 4.74 Å². The molecule has 0 aliphatic rings. The monoisotopic (exact) mass is 273 g/mol. The molecule has 0 saturated carbocycles. The van der Waals surface area contributed by atoms with E-state index in [1.807, 2.05) is 0 Å². The third-order valence-corrected chi connectivity index (χ3v) is 2.52. The number of halogens is 3. The van der Waals surface area contributed by atoms with Crippen molar-refractivity contribution in [3.8, 4) is 5.75 Å². The van der Waals surface area contributed by atoms with Crippen molar-refractivity contribution in [3.05, 3.63) is 47.3 Å². The number of aromatic nitrogens is 1. The molecule has 102 valence electrons. The lowest BCUT2D eigenvalue weighted by atomic mass is 10.1. The Hall–Kier alpha value is -2.02. The number of alkyl halides is 3. The number of nitrogens with zero attached hydrogens (tertiary/aromatic N) is 1. The van der Waals surface area contributed by atoms with Crippen molar-refractivity contribution < 1.29 is 27.5 Å². The first-order valence-electron chi connectivity index (χ1n) is 5.27. The molecule has 0 bridgehead atoms. The highest BCUT2D eigenvalue weighted by Gasteiger charge is 2.36. The molecule has 1 N–H and O–H groups in total. The van der Waals surface area contributed by atoms with Gasteiger partial charge in [-0.1, -0.05) is 17.3 Å². The molecule has 0 amide bonds. The number of methoxy groups -OCH3 is 1. The fourth-order valence-corrected chi connectivity index (χ4v) is 1.51. The Morgan fingerprint density at radius 2 is 1.89 bits per heavy atom. The van der Waals surface area contributed by atoms with E-state index < -0.39 is 18.0 Å². The smallest absolute Gasteiger partial charge is 0.452 e. The quantitative estimate of drug-likeness (QED) is 0.934. The van der Waals surface area contributed by atoms with Gasteiger partial charge in [0.1, 0.15) is 17.5 Å². The van der Waals surface area contributed by atoms with E-state index in [1.165, 1.54) is 19.2 Å². The highest BCUT2D eigenvalue weighted by Crippen LogP contribution is 2.32. The summed E-state index contributed by atoms with van der Waals surface area (Å²) in [4.78, 5) is 0. The maximum atomic E-state index is 12.3. The average molecular weight is 273 g/mol. The Kier molecular flexibility index (Phi) is 3.48. The summed E-state index contributed by atoms with van der Waals surface area (Å²) >= 11 is 0. The van der Waals surface area contributed by atoms with E-state index in [1.54, 1.807) is 12.1 Å². The van der Waals surface area contributed by atoms with Gasteiger partial charge >= 0.3 is 6.18 Å². The van der Waals surface area contributed by atoms with Crippen LogP contribution in [0.5, 0.6) is 5.75 Å². The number of rotatable bonds is 3. The topological polar surface area (TPSA) is 55.5 Å². The van der Waals surface area contributed by atoms with E-state index in [0.717, 1.165) is 0 Å². The van der Waals surface area contributed by atoms with Gasteiger partial charge in [0.25, 0.3) is 0 Å². The van der Waals surface area contributed by atoms with Crippen LogP contribution in [0.2, 0.25) is 0 Å². The average Bonchev–Trinajstić information content (AvgIpc) is 2.87. The van der Waals surface area contributed by atoms with Crippen LogP contribution < -0.4 is 4.74 Å². The summed E-state index contributed by atoms with van der Waals surface area (Å²) in [5.74, 6) is -0.665. The van der Waals surface area contributed by atoms with Gasteiger partial charge in [0.05, 0.1) is 7.11 Å². The normalized spacial score (nSPS) is 13.3. The van der Waals surface area contributed by atoms with Crippen LogP contribution in [0.15, 0.2) is 34.9 Å². The van der Waals surface area contributed by atoms with Crippen molar-refractivity contribution in [2.45, 2.75) is 12.3 Å². The molecule has 0 saturated heterocycles. The Morgan fingerprint density at radius 3 is 2.37 bits per heavy atom. The predicted octanol–water partition coefficient (Wildman–Crippen LogP) is 2.78. The van der Waals surface area contributed by atoms with Crippen molar-refractivity contribution >= 4 is 0 Å². The van der Waals surface area contributed by atoms with Gasteiger partial charge in [-0.3, -0.25) is 0 Å². The van der Waals surface area contributed by atoms with Gasteiger partial charge in [0.2, 0.25) is 5.76 Å². The minimum atomic E-state index is -4.62. The second-order valence-electron chi connectivity index (χ2n) is 3.79. The van der Waals surface area contributed by atoms with Crippen molar-refractivity contribution in [2.75, 3.05) is 7.11 Å². The minimum Gasteiger partial charge on any atom is -0.497 e. The second-order valence-corrected chi connectivity index (χ2v) is 3.79. The zero-order chi connectivity index (χ0) is 14.0. The van der Waals surface area contributed by atoms with Crippen LogP contribution in [0.25, 0.3) is 0 Å². The van der Waals surface area contributed by atoms with E-state index in [9.17, 15) is 18.3 Å². The molecule has 19 heavy (non-hydrogen) atoms. The molecule has 0 spiro atoms. The summed E-state index contributed by atoms with van der Waals surface area (Å²) in [7, 11) is 1.48. The van der Waals surface area contributed by atoms with Crippen molar-refractivity contribution in [1.82, 2.24) is 5.16 Å². The number of aliphatic hydroxyl groups is 1. The van der Waals surface area contributed by atoms with Crippen LogP contribution in [0.4, 0.5) is 13.2 Å². The summed E-state index contributed by atoms with van der Waals surface area (Å²) < 4.78 is 46.1. The van der Waals surface area contributed by atoms with Crippen molar-refractivity contribution in [2.24, 2.45) is 0 Å². The van der Waals surface area contributed by atoms with Gasteiger partial charge in [-0.2, -0.15) is 13.2 Å². The molecule has 0 radical (unpaired) electrons. The molecule has 1 aromatic heterocycles. The zero-order valence-corrected chi connectivity index (χ0v) is 9.81. The molecule has 0 fully saturated rings. The highest BCUT2D eigenvalue weighted by atomic mass is 19.4. The van der Waals surface area contributed by atoms with Crippen molar-refractivity contribution in [1.29, 1.82) is 0 Å². The van der Waals surface area contributed by atoms with Crippen LogP contribution in [-0.4, -0.2) is 17.4 Å². The highest BCUT2D eigenvalue weighted by molar-refractivity contribution is 5.32. The molecule has 0 aliphatic heterocycles. The number of benzene rings is 1. The maximum absolute atomic E-state index is 12.3. The molecule has 2 rings (SSSR count). The standard InChI is InChI=1S/C12H10F3NO3/c1-18-8-4-2-7(3-5-8)11(17)9-6-10(19-16-9)12(13,14)15/h2-6,11,17H,1H3. The van der Waals surface area contributed by atoms with Gasteiger partial charge in [0.15, 0.2) is 0 Å². The van der Waals surface area contributed by atoms with E-state index in [-0.39, 0.29) is 5.69 Å². The van der Waals surface area contributed by atoms with E-state index >= 15 is 0 Å². The van der Waals surface area contributed by atoms with Gasteiger partial charge < -0.3 is 14.4 Å². The largest absolute Gasteiger partial charge is 0.497 e. The van der Waals surface area contributed by atoms with Crippen LogP contribution >= 0.6 is 0 Å². The Balaban J connectivity index is 2.23. The van der Waals surface area contributed by atoms with E-state index in [2.05, 4.69) is 9.68 Å².